The van der Waals surface area contributed by atoms with E-state index in [1.54, 1.807) is 12.7 Å². The molecule has 1 atom stereocenters. The summed E-state index contributed by atoms with van der Waals surface area (Å²) in [6.45, 7) is 0. The van der Waals surface area contributed by atoms with E-state index in [0.717, 1.165) is 38.5 Å². The third-order valence-electron chi connectivity index (χ3n) is 5.30. The fourth-order valence-corrected chi connectivity index (χ4v) is 4.02. The maximum atomic E-state index is 12.6. The summed E-state index contributed by atoms with van der Waals surface area (Å²) in [6, 6.07) is 9.08. The van der Waals surface area contributed by atoms with Gasteiger partial charge in [0.15, 0.2) is 0 Å². The zero-order chi connectivity index (χ0) is 15.6. The van der Waals surface area contributed by atoms with Crippen LogP contribution in [0.4, 0.5) is 0 Å². The van der Waals surface area contributed by atoms with Gasteiger partial charge in [-0.05, 0) is 49.7 Å². The SMILES string of the molecule is O=C(NC1CCC(n2cncn2)CC1)C1CCc2ccccc21. The third-order valence-corrected chi connectivity index (χ3v) is 5.30. The molecule has 4 rings (SSSR count). The third kappa shape index (κ3) is 2.87. The molecule has 1 N–H and O–H groups in total. The van der Waals surface area contributed by atoms with E-state index in [4.69, 9.17) is 0 Å². The molecule has 0 saturated heterocycles. The van der Waals surface area contributed by atoms with Gasteiger partial charge in [0.2, 0.25) is 5.91 Å². The standard InChI is InChI=1S/C18H22N4O/c23-18(17-10-5-13-3-1-2-4-16(13)17)21-14-6-8-15(9-7-14)22-12-19-11-20-22/h1-4,11-12,14-15,17H,5-10H2,(H,21,23). The first-order valence-corrected chi connectivity index (χ1v) is 8.53. The van der Waals surface area contributed by atoms with Crippen LogP contribution in [0.15, 0.2) is 36.9 Å². The molecule has 1 unspecified atom stereocenters. The Balaban J connectivity index is 1.34. The van der Waals surface area contributed by atoms with Gasteiger partial charge >= 0.3 is 0 Å². The second-order valence-electron chi connectivity index (χ2n) is 6.68. The van der Waals surface area contributed by atoms with Gasteiger partial charge in [0.25, 0.3) is 0 Å². The normalized spacial score (nSPS) is 26.7. The first kappa shape index (κ1) is 14.4. The Morgan fingerprint density at radius 2 is 1.96 bits per heavy atom. The topological polar surface area (TPSA) is 59.8 Å². The highest BCUT2D eigenvalue weighted by Gasteiger charge is 2.31. The zero-order valence-corrected chi connectivity index (χ0v) is 13.2. The lowest BCUT2D eigenvalue weighted by Crippen LogP contribution is -2.40. The fourth-order valence-electron chi connectivity index (χ4n) is 4.02. The van der Waals surface area contributed by atoms with Gasteiger partial charge < -0.3 is 5.32 Å². The van der Waals surface area contributed by atoms with Crippen molar-refractivity contribution in [1.29, 1.82) is 0 Å². The molecule has 1 heterocycles. The summed E-state index contributed by atoms with van der Waals surface area (Å²) >= 11 is 0. The van der Waals surface area contributed by atoms with Crippen molar-refractivity contribution in [3.63, 3.8) is 0 Å². The number of rotatable bonds is 3. The number of aryl methyl sites for hydroxylation is 1. The second-order valence-corrected chi connectivity index (χ2v) is 6.68. The molecular weight excluding hydrogens is 288 g/mol. The van der Waals surface area contributed by atoms with Crippen LogP contribution in [0.25, 0.3) is 0 Å². The monoisotopic (exact) mass is 310 g/mol. The fraction of sp³-hybridized carbons (Fsp3) is 0.500. The molecule has 120 valence electrons. The van der Waals surface area contributed by atoms with Gasteiger partial charge in [0.05, 0.1) is 12.0 Å². The number of nitrogens with zero attached hydrogens (tertiary/aromatic N) is 3. The van der Waals surface area contributed by atoms with E-state index in [-0.39, 0.29) is 11.8 Å². The van der Waals surface area contributed by atoms with Crippen LogP contribution < -0.4 is 5.32 Å². The Morgan fingerprint density at radius 1 is 1.13 bits per heavy atom. The van der Waals surface area contributed by atoms with Gasteiger partial charge in [-0.3, -0.25) is 4.79 Å². The van der Waals surface area contributed by atoms with Crippen LogP contribution in [0.3, 0.4) is 0 Å². The highest BCUT2D eigenvalue weighted by atomic mass is 16.1. The van der Waals surface area contributed by atoms with Crippen molar-refractivity contribution in [2.24, 2.45) is 0 Å². The molecule has 0 aliphatic heterocycles. The Labute approximate surface area is 136 Å². The molecule has 1 saturated carbocycles. The summed E-state index contributed by atoms with van der Waals surface area (Å²) in [5, 5.41) is 7.52. The van der Waals surface area contributed by atoms with E-state index in [1.165, 1.54) is 11.1 Å². The Bertz CT molecular complexity index is 674. The Kier molecular flexibility index (Phi) is 3.85. The molecule has 1 aromatic carbocycles. The van der Waals surface area contributed by atoms with Gasteiger partial charge in [-0.25, -0.2) is 9.67 Å². The number of amides is 1. The summed E-state index contributed by atoms with van der Waals surface area (Å²) in [5.74, 6) is 0.249. The average Bonchev–Trinajstić information content (AvgIpc) is 3.25. The van der Waals surface area contributed by atoms with Gasteiger partial charge in [-0.2, -0.15) is 5.10 Å². The number of hydrogen-bond acceptors (Lipinski definition) is 3. The zero-order valence-electron chi connectivity index (χ0n) is 13.2. The average molecular weight is 310 g/mol. The molecule has 2 aromatic rings. The van der Waals surface area contributed by atoms with Crippen LogP contribution >= 0.6 is 0 Å². The van der Waals surface area contributed by atoms with E-state index in [1.807, 2.05) is 10.7 Å². The first-order valence-electron chi connectivity index (χ1n) is 8.53. The lowest BCUT2D eigenvalue weighted by molar-refractivity contribution is -0.123. The highest BCUT2D eigenvalue weighted by Crippen LogP contribution is 2.34. The summed E-state index contributed by atoms with van der Waals surface area (Å²) in [4.78, 5) is 16.7. The molecule has 0 spiro atoms. The van der Waals surface area contributed by atoms with Crippen molar-refractivity contribution < 1.29 is 4.79 Å². The van der Waals surface area contributed by atoms with E-state index in [9.17, 15) is 4.79 Å². The molecule has 1 aromatic heterocycles. The minimum Gasteiger partial charge on any atom is -0.353 e. The van der Waals surface area contributed by atoms with Crippen LogP contribution in [0.2, 0.25) is 0 Å². The molecule has 5 nitrogen and oxygen atoms in total. The number of hydrogen-bond donors (Lipinski definition) is 1. The van der Waals surface area contributed by atoms with Crippen LogP contribution in [-0.2, 0) is 11.2 Å². The molecule has 23 heavy (non-hydrogen) atoms. The largest absolute Gasteiger partial charge is 0.353 e. The number of carbonyl (C=O) groups excluding carboxylic acids is 1. The number of benzene rings is 1. The molecule has 5 heteroatoms. The molecule has 2 aliphatic carbocycles. The van der Waals surface area contributed by atoms with Crippen molar-refractivity contribution in [1.82, 2.24) is 20.1 Å². The summed E-state index contributed by atoms with van der Waals surface area (Å²) in [5.41, 5.74) is 2.56. The Hall–Kier alpha value is -2.17. The molecule has 2 aliphatic rings. The smallest absolute Gasteiger partial charge is 0.227 e. The van der Waals surface area contributed by atoms with Gasteiger partial charge in [0, 0.05) is 6.04 Å². The predicted molar refractivity (Wildman–Crippen MR) is 87.0 cm³/mol. The predicted octanol–water partition coefficient (Wildman–Crippen LogP) is 2.61. The van der Waals surface area contributed by atoms with Crippen molar-refractivity contribution in [2.45, 2.75) is 56.5 Å². The first-order chi connectivity index (χ1) is 11.3. The molecule has 1 amide bonds. The second kappa shape index (κ2) is 6.14. The molecule has 0 radical (unpaired) electrons. The van der Waals surface area contributed by atoms with Crippen LogP contribution in [0, 0.1) is 0 Å². The molecule has 0 bridgehead atoms. The van der Waals surface area contributed by atoms with Gasteiger partial charge in [0.1, 0.15) is 12.7 Å². The van der Waals surface area contributed by atoms with E-state index in [2.05, 4.69) is 33.6 Å². The maximum absolute atomic E-state index is 12.6. The number of fused-ring (bicyclic) bond motifs is 1. The van der Waals surface area contributed by atoms with Crippen molar-refractivity contribution in [2.75, 3.05) is 0 Å². The minimum absolute atomic E-state index is 0.0410. The minimum atomic E-state index is 0.0410. The van der Waals surface area contributed by atoms with Crippen molar-refractivity contribution in [3.05, 3.63) is 48.0 Å². The number of nitrogens with one attached hydrogen (secondary N) is 1. The van der Waals surface area contributed by atoms with Crippen LogP contribution in [-0.4, -0.2) is 26.7 Å². The lowest BCUT2D eigenvalue weighted by Gasteiger charge is -2.29. The van der Waals surface area contributed by atoms with Crippen molar-refractivity contribution in [3.8, 4) is 0 Å². The Morgan fingerprint density at radius 3 is 2.74 bits per heavy atom. The molecular formula is C18H22N4O. The van der Waals surface area contributed by atoms with E-state index >= 15 is 0 Å². The van der Waals surface area contributed by atoms with Crippen LogP contribution in [0.1, 0.15) is 55.2 Å². The van der Waals surface area contributed by atoms with E-state index in [0.29, 0.717) is 12.1 Å². The maximum Gasteiger partial charge on any atom is 0.227 e. The van der Waals surface area contributed by atoms with Gasteiger partial charge in [-0.15, -0.1) is 0 Å². The summed E-state index contributed by atoms with van der Waals surface area (Å²) in [6.07, 6.45) is 9.48. The summed E-state index contributed by atoms with van der Waals surface area (Å²) < 4.78 is 1.95. The quantitative estimate of drug-likeness (QED) is 0.948. The molecule has 1 fully saturated rings. The summed E-state index contributed by atoms with van der Waals surface area (Å²) in [7, 11) is 0. The van der Waals surface area contributed by atoms with Crippen LogP contribution in [0.5, 0.6) is 0 Å². The number of aromatic nitrogens is 3. The van der Waals surface area contributed by atoms with E-state index < -0.39 is 0 Å². The lowest BCUT2D eigenvalue weighted by atomic mass is 9.90. The number of carbonyl (C=O) groups is 1. The highest BCUT2D eigenvalue weighted by molar-refractivity contribution is 5.85. The van der Waals surface area contributed by atoms with Gasteiger partial charge in [-0.1, -0.05) is 24.3 Å². The van der Waals surface area contributed by atoms with Crippen molar-refractivity contribution >= 4 is 5.91 Å².